The minimum absolute atomic E-state index is 0.0439. The summed E-state index contributed by atoms with van der Waals surface area (Å²) >= 11 is 2.90. The summed E-state index contributed by atoms with van der Waals surface area (Å²) in [5.41, 5.74) is 0.0178. The third kappa shape index (κ3) is 2.59. The lowest BCUT2D eigenvalue weighted by molar-refractivity contribution is -0.167. The molecule has 6 nitrogen and oxygen atoms in total. The van der Waals surface area contributed by atoms with Crippen LogP contribution in [0.15, 0.2) is 22.9 Å². The van der Waals surface area contributed by atoms with Crippen LogP contribution in [0.5, 0.6) is 0 Å². The Morgan fingerprint density at radius 1 is 1.35 bits per heavy atom. The molecule has 0 aliphatic heterocycles. The number of rotatable bonds is 2. The summed E-state index contributed by atoms with van der Waals surface area (Å²) < 4.78 is 37.7. The maximum Gasteiger partial charge on any atom is 0.471 e. The zero-order valence-corrected chi connectivity index (χ0v) is 11.0. The average Bonchev–Trinajstić information content (AvgIpc) is 2.64. The highest BCUT2D eigenvalue weighted by molar-refractivity contribution is 9.10. The summed E-state index contributed by atoms with van der Waals surface area (Å²) in [6.45, 7) is 0. The molecule has 20 heavy (non-hydrogen) atoms. The number of nitrogens with zero attached hydrogens (tertiary/aromatic N) is 2. The number of nitrogens with one attached hydrogen (secondary N) is 1. The zero-order chi connectivity index (χ0) is 15.1. The molecule has 0 saturated carbocycles. The molecule has 0 spiro atoms. The number of carbonyl (C=O) groups excluding carboxylic acids is 1. The van der Waals surface area contributed by atoms with Gasteiger partial charge in [-0.25, -0.2) is 9.78 Å². The number of pyridine rings is 1. The fourth-order valence-electron chi connectivity index (χ4n) is 1.43. The van der Waals surface area contributed by atoms with Gasteiger partial charge in [-0.15, -0.1) is 0 Å². The third-order valence-corrected chi connectivity index (χ3v) is 2.87. The van der Waals surface area contributed by atoms with Crippen LogP contribution in [0.4, 0.5) is 19.0 Å². The minimum atomic E-state index is -5.06. The monoisotopic (exact) mass is 351 g/mol. The van der Waals surface area contributed by atoms with Gasteiger partial charge in [0, 0.05) is 6.20 Å². The molecule has 0 atom stereocenters. The first-order valence-corrected chi connectivity index (χ1v) is 5.78. The van der Waals surface area contributed by atoms with Crippen LogP contribution in [0.3, 0.4) is 0 Å². The Bertz CT molecular complexity index is 711. The number of aromatic carboxylic acids is 1. The molecule has 0 fully saturated rings. The van der Waals surface area contributed by atoms with Crippen LogP contribution in [0.1, 0.15) is 10.4 Å². The normalized spacial score (nSPS) is 11.6. The fourth-order valence-corrected chi connectivity index (χ4v) is 1.90. The molecule has 0 aromatic carbocycles. The molecule has 0 bridgehead atoms. The first-order chi connectivity index (χ1) is 9.20. The molecule has 2 aromatic rings. The van der Waals surface area contributed by atoms with Crippen molar-refractivity contribution in [3.63, 3.8) is 0 Å². The van der Waals surface area contributed by atoms with E-state index in [4.69, 9.17) is 5.11 Å². The van der Waals surface area contributed by atoms with Crippen molar-refractivity contribution in [3.8, 4) is 0 Å². The van der Waals surface area contributed by atoms with Gasteiger partial charge in [-0.3, -0.25) is 9.20 Å². The van der Waals surface area contributed by atoms with Gasteiger partial charge in [-0.05, 0) is 28.1 Å². The number of aromatic nitrogens is 2. The van der Waals surface area contributed by atoms with Gasteiger partial charge >= 0.3 is 18.1 Å². The van der Waals surface area contributed by atoms with Gasteiger partial charge in [0.1, 0.15) is 10.3 Å². The number of alkyl halides is 3. The lowest BCUT2D eigenvalue weighted by Crippen LogP contribution is -2.30. The second-order valence-electron chi connectivity index (χ2n) is 3.65. The van der Waals surface area contributed by atoms with E-state index in [9.17, 15) is 22.8 Å². The number of carboxylic acid groups (broad SMARTS) is 1. The van der Waals surface area contributed by atoms with Crippen LogP contribution in [-0.2, 0) is 4.79 Å². The van der Waals surface area contributed by atoms with Crippen molar-refractivity contribution in [2.24, 2.45) is 0 Å². The van der Waals surface area contributed by atoms with E-state index in [1.165, 1.54) is 12.1 Å². The van der Waals surface area contributed by atoms with E-state index < -0.39 is 18.1 Å². The van der Waals surface area contributed by atoms with Crippen LogP contribution in [0.2, 0.25) is 0 Å². The summed E-state index contributed by atoms with van der Waals surface area (Å²) in [5.74, 6) is -3.74. The standard InChI is InChI=1S/C10H5BrF3N3O3/c11-6-7(16-9(20)10(12,13)14)17-3-4(8(18)19)1-2-5(17)15-6/h1-3H,(H,16,20)(H,18,19). The lowest BCUT2D eigenvalue weighted by atomic mass is 10.3. The van der Waals surface area contributed by atoms with Gasteiger partial charge in [0.2, 0.25) is 0 Å². The Kier molecular flexibility index (Phi) is 3.42. The Hall–Kier alpha value is -2.10. The number of imidazole rings is 1. The Morgan fingerprint density at radius 3 is 2.55 bits per heavy atom. The number of hydrogen-bond acceptors (Lipinski definition) is 3. The van der Waals surface area contributed by atoms with Crippen molar-refractivity contribution in [1.82, 2.24) is 9.38 Å². The molecule has 0 saturated heterocycles. The van der Waals surface area contributed by atoms with Crippen molar-refractivity contribution in [2.75, 3.05) is 5.32 Å². The molecule has 10 heteroatoms. The van der Waals surface area contributed by atoms with Crippen molar-refractivity contribution >= 4 is 39.3 Å². The molecule has 2 rings (SSSR count). The SMILES string of the molecule is O=C(O)c1ccc2nc(Br)c(NC(=O)C(F)(F)F)n2c1. The summed E-state index contributed by atoms with van der Waals surface area (Å²) in [6, 6.07) is 2.55. The lowest BCUT2D eigenvalue weighted by Gasteiger charge is -2.08. The van der Waals surface area contributed by atoms with Gasteiger partial charge in [-0.2, -0.15) is 13.2 Å². The van der Waals surface area contributed by atoms with Gasteiger partial charge < -0.3 is 10.4 Å². The first-order valence-electron chi connectivity index (χ1n) is 4.99. The topological polar surface area (TPSA) is 83.7 Å². The molecule has 2 heterocycles. The largest absolute Gasteiger partial charge is 0.478 e. The van der Waals surface area contributed by atoms with E-state index in [1.54, 1.807) is 5.32 Å². The summed E-state index contributed by atoms with van der Waals surface area (Å²) in [4.78, 5) is 25.6. The molecule has 0 aliphatic rings. The van der Waals surface area contributed by atoms with E-state index in [0.717, 1.165) is 10.6 Å². The molecule has 0 aliphatic carbocycles. The highest BCUT2D eigenvalue weighted by atomic mass is 79.9. The fraction of sp³-hybridized carbons (Fsp3) is 0.100. The van der Waals surface area contributed by atoms with E-state index in [2.05, 4.69) is 20.9 Å². The molecule has 2 N–H and O–H groups in total. The maximum atomic E-state index is 12.2. The Balaban J connectivity index is 2.52. The number of carboxylic acids is 1. The minimum Gasteiger partial charge on any atom is -0.478 e. The van der Waals surface area contributed by atoms with Crippen LogP contribution in [-0.4, -0.2) is 32.5 Å². The van der Waals surface area contributed by atoms with Crippen LogP contribution in [0.25, 0.3) is 5.65 Å². The number of hydrogen-bond donors (Lipinski definition) is 2. The first kappa shape index (κ1) is 14.3. The molecule has 0 unspecified atom stereocenters. The van der Waals surface area contributed by atoms with Crippen molar-refractivity contribution in [3.05, 3.63) is 28.5 Å². The highest BCUT2D eigenvalue weighted by Gasteiger charge is 2.39. The van der Waals surface area contributed by atoms with Crippen LogP contribution >= 0.6 is 15.9 Å². The number of fused-ring (bicyclic) bond motifs is 1. The van der Waals surface area contributed by atoms with Gasteiger partial charge in [0.25, 0.3) is 0 Å². The van der Waals surface area contributed by atoms with E-state index in [0.29, 0.717) is 0 Å². The van der Waals surface area contributed by atoms with Gasteiger partial charge in [0.15, 0.2) is 5.82 Å². The van der Waals surface area contributed by atoms with Crippen molar-refractivity contribution in [2.45, 2.75) is 6.18 Å². The number of amides is 1. The summed E-state index contributed by atoms with van der Waals surface area (Å²) in [7, 11) is 0. The Morgan fingerprint density at radius 2 is 2.00 bits per heavy atom. The van der Waals surface area contributed by atoms with E-state index >= 15 is 0 Å². The second kappa shape index (κ2) is 4.78. The van der Waals surface area contributed by atoms with Crippen LogP contribution in [0, 0.1) is 0 Å². The predicted octanol–water partition coefficient (Wildman–Crippen LogP) is 2.30. The number of carbonyl (C=O) groups is 2. The van der Waals surface area contributed by atoms with Crippen molar-refractivity contribution < 1.29 is 27.9 Å². The third-order valence-electron chi connectivity index (χ3n) is 2.31. The summed E-state index contributed by atoms with van der Waals surface area (Å²) in [5, 5.41) is 10.5. The molecule has 0 radical (unpaired) electrons. The smallest absolute Gasteiger partial charge is 0.471 e. The molecule has 106 valence electrons. The van der Waals surface area contributed by atoms with Crippen molar-refractivity contribution in [1.29, 1.82) is 0 Å². The molecule has 1 amide bonds. The average molecular weight is 352 g/mol. The number of halogens is 4. The van der Waals surface area contributed by atoms with Crippen LogP contribution < -0.4 is 5.32 Å². The van der Waals surface area contributed by atoms with Gasteiger partial charge in [0.05, 0.1) is 5.56 Å². The van der Waals surface area contributed by atoms with Gasteiger partial charge in [-0.1, -0.05) is 0 Å². The zero-order valence-electron chi connectivity index (χ0n) is 9.40. The number of anilines is 1. The predicted molar refractivity (Wildman–Crippen MR) is 64.5 cm³/mol. The van der Waals surface area contributed by atoms with E-state index in [-0.39, 0.29) is 21.6 Å². The molecular formula is C10H5BrF3N3O3. The Labute approximate surface area is 117 Å². The quantitative estimate of drug-likeness (QED) is 0.869. The highest BCUT2D eigenvalue weighted by Crippen LogP contribution is 2.26. The second-order valence-corrected chi connectivity index (χ2v) is 4.41. The maximum absolute atomic E-state index is 12.2. The molecule has 2 aromatic heterocycles. The molecular weight excluding hydrogens is 347 g/mol. The summed E-state index contributed by atoms with van der Waals surface area (Å²) in [6.07, 6.45) is -4.00. The van der Waals surface area contributed by atoms with E-state index in [1.807, 2.05) is 0 Å².